The topological polar surface area (TPSA) is 128 Å². The Hall–Kier alpha value is -3.15. The summed E-state index contributed by atoms with van der Waals surface area (Å²) in [4.78, 5) is 41.5. The highest BCUT2D eigenvalue weighted by molar-refractivity contribution is 6.19. The average Bonchev–Trinajstić information content (AvgIpc) is 3.36. The van der Waals surface area contributed by atoms with Crippen molar-refractivity contribution in [1.82, 2.24) is 20.7 Å². The second kappa shape index (κ2) is 10.9. The SMILES string of the molecule is O=C(Nc1cccc2c1C(=O)C1=C(C3CCC(C(=O)N4CCCNCC4)CC3)N=NC12)NN1CCOCC1. The Balaban J connectivity index is 1.14. The van der Waals surface area contributed by atoms with Gasteiger partial charge in [-0.3, -0.25) is 15.0 Å². The van der Waals surface area contributed by atoms with Crippen LogP contribution in [0, 0.1) is 11.8 Å². The summed E-state index contributed by atoms with van der Waals surface area (Å²) < 4.78 is 5.32. The van der Waals surface area contributed by atoms with Crippen LogP contribution in [0.1, 0.15) is 54.1 Å². The zero-order valence-electron chi connectivity index (χ0n) is 21.6. The van der Waals surface area contributed by atoms with Crippen LogP contribution in [0.5, 0.6) is 0 Å². The summed E-state index contributed by atoms with van der Waals surface area (Å²) >= 11 is 0. The van der Waals surface area contributed by atoms with Gasteiger partial charge in [0.1, 0.15) is 6.04 Å². The summed E-state index contributed by atoms with van der Waals surface area (Å²) in [7, 11) is 0. The van der Waals surface area contributed by atoms with Crippen molar-refractivity contribution >= 4 is 23.4 Å². The number of urea groups is 1. The number of carbonyl (C=O) groups is 3. The fourth-order valence-electron chi connectivity index (χ4n) is 6.33. The molecule has 0 radical (unpaired) electrons. The summed E-state index contributed by atoms with van der Waals surface area (Å²) in [6, 6.07) is 4.68. The maximum atomic E-state index is 13.7. The average molecular weight is 522 g/mol. The molecule has 1 aromatic rings. The Bertz CT molecular complexity index is 1160. The van der Waals surface area contributed by atoms with E-state index in [9.17, 15) is 14.4 Å². The summed E-state index contributed by atoms with van der Waals surface area (Å²) in [5.74, 6) is 0.322. The molecule has 202 valence electrons. The van der Waals surface area contributed by atoms with E-state index in [0.29, 0.717) is 43.1 Å². The number of Topliss-reactive ketones (excluding diaryl/α,β-unsaturated/α-hetero) is 1. The highest BCUT2D eigenvalue weighted by atomic mass is 16.5. The lowest BCUT2D eigenvalue weighted by Gasteiger charge is -2.31. The van der Waals surface area contributed by atoms with Crippen molar-refractivity contribution < 1.29 is 19.1 Å². The van der Waals surface area contributed by atoms with Crippen LogP contribution in [0.4, 0.5) is 10.5 Å². The molecule has 11 heteroatoms. The van der Waals surface area contributed by atoms with Gasteiger partial charge in [0, 0.05) is 44.6 Å². The minimum atomic E-state index is -0.416. The quantitative estimate of drug-likeness (QED) is 0.559. The van der Waals surface area contributed by atoms with Crippen LogP contribution in [0.3, 0.4) is 0 Å². The molecule has 38 heavy (non-hydrogen) atoms. The first-order valence-electron chi connectivity index (χ1n) is 13.8. The van der Waals surface area contributed by atoms with E-state index in [1.165, 1.54) is 0 Å². The van der Waals surface area contributed by atoms with Crippen LogP contribution in [-0.2, 0) is 9.53 Å². The molecule has 5 aliphatic rings. The molecule has 3 fully saturated rings. The molecule has 1 atom stereocenters. The van der Waals surface area contributed by atoms with Crippen LogP contribution < -0.4 is 16.1 Å². The lowest BCUT2D eigenvalue weighted by atomic mass is 9.78. The van der Waals surface area contributed by atoms with E-state index >= 15 is 0 Å². The van der Waals surface area contributed by atoms with Gasteiger partial charge in [-0.05, 0) is 50.3 Å². The van der Waals surface area contributed by atoms with Crippen molar-refractivity contribution in [1.29, 1.82) is 0 Å². The van der Waals surface area contributed by atoms with Gasteiger partial charge in [0.25, 0.3) is 0 Å². The van der Waals surface area contributed by atoms with E-state index in [2.05, 4.69) is 26.3 Å². The fraction of sp³-hybridized carbons (Fsp3) is 0.593. The summed E-state index contributed by atoms with van der Waals surface area (Å²) in [5, 5.41) is 17.0. The second-order valence-corrected chi connectivity index (χ2v) is 10.7. The van der Waals surface area contributed by atoms with E-state index in [4.69, 9.17) is 4.74 Å². The Kier molecular flexibility index (Phi) is 7.22. The molecule has 3 N–H and O–H groups in total. The third-order valence-corrected chi connectivity index (χ3v) is 8.33. The number of morpholine rings is 1. The number of carbonyl (C=O) groups excluding carboxylic acids is 3. The maximum absolute atomic E-state index is 13.7. The number of nitrogens with zero attached hydrogens (tertiary/aromatic N) is 4. The van der Waals surface area contributed by atoms with E-state index in [1.807, 2.05) is 17.0 Å². The lowest BCUT2D eigenvalue weighted by Crippen LogP contribution is -2.49. The zero-order valence-corrected chi connectivity index (χ0v) is 21.6. The van der Waals surface area contributed by atoms with Crippen LogP contribution in [0.15, 0.2) is 39.7 Å². The number of hydrogen-bond donors (Lipinski definition) is 3. The van der Waals surface area contributed by atoms with Gasteiger partial charge in [-0.1, -0.05) is 12.1 Å². The van der Waals surface area contributed by atoms with Gasteiger partial charge in [-0.2, -0.15) is 10.2 Å². The van der Waals surface area contributed by atoms with Gasteiger partial charge >= 0.3 is 6.03 Å². The number of anilines is 1. The predicted molar refractivity (Wildman–Crippen MR) is 139 cm³/mol. The molecule has 3 heterocycles. The number of ether oxygens (including phenoxy) is 1. The highest BCUT2D eigenvalue weighted by Gasteiger charge is 2.44. The molecular formula is C27H35N7O4. The molecule has 3 amide bonds. The number of nitrogens with one attached hydrogen (secondary N) is 3. The first-order chi connectivity index (χ1) is 18.6. The molecule has 0 aromatic heterocycles. The van der Waals surface area contributed by atoms with Gasteiger partial charge in [0.15, 0.2) is 5.78 Å². The fourth-order valence-corrected chi connectivity index (χ4v) is 6.33. The molecule has 6 rings (SSSR count). The van der Waals surface area contributed by atoms with Gasteiger partial charge in [0.2, 0.25) is 5.91 Å². The van der Waals surface area contributed by atoms with Crippen LogP contribution in [0.25, 0.3) is 0 Å². The minimum Gasteiger partial charge on any atom is -0.379 e. The molecule has 0 spiro atoms. The van der Waals surface area contributed by atoms with Crippen molar-refractivity contribution in [2.45, 2.75) is 38.1 Å². The number of rotatable bonds is 4. The minimum absolute atomic E-state index is 0.0429. The molecular weight excluding hydrogens is 486 g/mol. The van der Waals surface area contributed by atoms with Gasteiger partial charge in [0.05, 0.1) is 35.7 Å². The van der Waals surface area contributed by atoms with E-state index in [-0.39, 0.29) is 29.6 Å². The molecule has 3 aliphatic heterocycles. The van der Waals surface area contributed by atoms with E-state index < -0.39 is 6.04 Å². The number of hydrazine groups is 1. The molecule has 2 aliphatic carbocycles. The van der Waals surface area contributed by atoms with Gasteiger partial charge in [-0.25, -0.2) is 9.80 Å². The van der Waals surface area contributed by atoms with Crippen molar-refractivity contribution in [3.63, 3.8) is 0 Å². The summed E-state index contributed by atoms with van der Waals surface area (Å²) in [6.45, 7) is 5.77. The van der Waals surface area contributed by atoms with Crippen molar-refractivity contribution in [3.8, 4) is 0 Å². The predicted octanol–water partition coefficient (Wildman–Crippen LogP) is 2.64. The Morgan fingerprint density at radius 2 is 1.84 bits per heavy atom. The normalized spacial score (nSPS) is 27.6. The Morgan fingerprint density at radius 3 is 2.66 bits per heavy atom. The number of allylic oxidation sites excluding steroid dienone is 1. The van der Waals surface area contributed by atoms with Crippen LogP contribution in [0.2, 0.25) is 0 Å². The molecule has 1 saturated carbocycles. The molecule has 11 nitrogen and oxygen atoms in total. The molecule has 0 bridgehead atoms. The van der Waals surface area contributed by atoms with Crippen molar-refractivity contribution in [3.05, 3.63) is 40.6 Å². The molecule has 1 aromatic carbocycles. The summed E-state index contributed by atoms with van der Waals surface area (Å²) in [6.07, 6.45) is 4.25. The highest BCUT2D eigenvalue weighted by Crippen LogP contribution is 2.50. The Labute approximate surface area is 222 Å². The third-order valence-electron chi connectivity index (χ3n) is 8.33. The second-order valence-electron chi connectivity index (χ2n) is 10.7. The van der Waals surface area contributed by atoms with Crippen molar-refractivity contribution in [2.24, 2.45) is 22.1 Å². The van der Waals surface area contributed by atoms with Crippen LogP contribution >= 0.6 is 0 Å². The monoisotopic (exact) mass is 521 g/mol. The number of amides is 3. The van der Waals surface area contributed by atoms with Crippen molar-refractivity contribution in [2.75, 3.05) is 57.8 Å². The van der Waals surface area contributed by atoms with E-state index in [0.717, 1.165) is 69.5 Å². The first-order valence-corrected chi connectivity index (χ1v) is 13.8. The van der Waals surface area contributed by atoms with E-state index in [1.54, 1.807) is 11.1 Å². The zero-order chi connectivity index (χ0) is 26.1. The third kappa shape index (κ3) is 4.85. The number of ketones is 1. The summed E-state index contributed by atoms with van der Waals surface area (Å²) in [5.41, 5.74) is 6.00. The number of hydrogen-bond acceptors (Lipinski definition) is 8. The largest absolute Gasteiger partial charge is 0.379 e. The Morgan fingerprint density at radius 1 is 1.03 bits per heavy atom. The van der Waals surface area contributed by atoms with Gasteiger partial charge < -0.3 is 20.3 Å². The molecule has 2 saturated heterocycles. The smallest absolute Gasteiger partial charge is 0.333 e. The number of fused-ring (bicyclic) bond motifs is 3. The maximum Gasteiger partial charge on any atom is 0.333 e. The number of azo groups is 1. The van der Waals surface area contributed by atoms with Crippen LogP contribution in [-0.4, -0.2) is 80.1 Å². The first kappa shape index (κ1) is 25.1. The molecule has 1 unspecified atom stereocenters. The number of benzene rings is 1. The lowest BCUT2D eigenvalue weighted by molar-refractivity contribution is -0.136. The van der Waals surface area contributed by atoms with Gasteiger partial charge in [-0.15, -0.1) is 0 Å². The standard InChI is InChI=1S/C27H35N7O4/c35-25-21-19(3-1-4-20(21)29-27(37)32-34-13-15-38-16-14-34)24-22(25)23(30-31-24)17-5-7-18(8-6-17)26(36)33-11-2-9-28-10-12-33/h1,3-4,17-18,24,28H,2,5-16H2,(H2,29,32,37).